The molecule has 1 N–H and O–H groups in total. The number of aliphatic hydroxyl groups excluding tert-OH is 1. The van der Waals surface area contributed by atoms with Gasteiger partial charge in [0.05, 0.1) is 13.2 Å². The van der Waals surface area contributed by atoms with Gasteiger partial charge < -0.3 is 19.5 Å². The summed E-state index contributed by atoms with van der Waals surface area (Å²) < 4.78 is 45.3. The molecule has 1 aliphatic heterocycles. The van der Waals surface area contributed by atoms with Crippen LogP contribution in [0.3, 0.4) is 0 Å². The van der Waals surface area contributed by atoms with E-state index in [2.05, 4.69) is 9.47 Å². The minimum atomic E-state index is -4.50. The van der Waals surface area contributed by atoms with E-state index in [9.17, 15) is 18.0 Å². The van der Waals surface area contributed by atoms with Crippen LogP contribution in [0.15, 0.2) is 0 Å². The van der Waals surface area contributed by atoms with Crippen LogP contribution in [0.4, 0.5) is 18.0 Å². The first-order valence-corrected chi connectivity index (χ1v) is 4.16. The maximum atomic E-state index is 12.2. The van der Waals surface area contributed by atoms with Gasteiger partial charge in [-0.05, 0) is 0 Å². The summed E-state index contributed by atoms with van der Waals surface area (Å²) in [6, 6.07) is 0. The molecule has 0 aromatic heterocycles. The average molecular weight is 229 g/mol. The predicted octanol–water partition coefficient (Wildman–Crippen LogP) is 0.336. The smallest absolute Gasteiger partial charge is 0.416 e. The molecule has 0 bridgehead atoms. The number of carbonyl (C=O) groups is 1. The molecule has 0 aliphatic carbocycles. The number of rotatable bonds is 1. The maximum Gasteiger partial charge on any atom is 0.416 e. The summed E-state index contributed by atoms with van der Waals surface area (Å²) in [5.74, 6) is 0. The van der Waals surface area contributed by atoms with Gasteiger partial charge in [0, 0.05) is 6.54 Å². The van der Waals surface area contributed by atoms with Gasteiger partial charge in [-0.3, -0.25) is 0 Å². The highest BCUT2D eigenvalue weighted by Crippen LogP contribution is 2.25. The minimum Gasteiger partial charge on any atom is -0.422 e. The van der Waals surface area contributed by atoms with E-state index in [1.807, 2.05) is 0 Å². The normalized spacial score (nSPS) is 22.7. The van der Waals surface area contributed by atoms with Crippen molar-refractivity contribution in [3.63, 3.8) is 0 Å². The summed E-state index contributed by atoms with van der Waals surface area (Å²) >= 11 is 0. The number of halogens is 3. The second-order valence-electron chi connectivity index (χ2n) is 2.89. The Morgan fingerprint density at radius 2 is 2.27 bits per heavy atom. The SMILES string of the molecule is O=C(OCO)N1CCOC(C(F)(F)F)C1. The predicted molar refractivity (Wildman–Crippen MR) is 40.9 cm³/mol. The van der Waals surface area contributed by atoms with Gasteiger partial charge in [0.25, 0.3) is 0 Å². The molecular formula is C7H10F3NO4. The fourth-order valence-electron chi connectivity index (χ4n) is 1.16. The maximum absolute atomic E-state index is 12.2. The van der Waals surface area contributed by atoms with Crippen LogP contribution in [0.25, 0.3) is 0 Å². The van der Waals surface area contributed by atoms with Gasteiger partial charge in [-0.15, -0.1) is 0 Å². The fourth-order valence-corrected chi connectivity index (χ4v) is 1.16. The molecule has 1 atom stereocenters. The van der Waals surface area contributed by atoms with Crippen molar-refractivity contribution < 1.29 is 32.5 Å². The van der Waals surface area contributed by atoms with Crippen molar-refractivity contribution in [1.82, 2.24) is 4.90 Å². The quantitative estimate of drug-likeness (QED) is 0.658. The molecule has 5 nitrogen and oxygen atoms in total. The third-order valence-electron chi connectivity index (χ3n) is 1.88. The van der Waals surface area contributed by atoms with Gasteiger partial charge in [0.1, 0.15) is 0 Å². The molecule has 1 heterocycles. The van der Waals surface area contributed by atoms with Crippen LogP contribution >= 0.6 is 0 Å². The molecule has 1 aliphatic rings. The zero-order valence-electron chi connectivity index (χ0n) is 7.66. The minimum absolute atomic E-state index is 0.0193. The Balaban J connectivity index is 2.52. The lowest BCUT2D eigenvalue weighted by atomic mass is 10.3. The summed E-state index contributed by atoms with van der Waals surface area (Å²) in [6.45, 7) is -1.65. The van der Waals surface area contributed by atoms with E-state index >= 15 is 0 Å². The molecule has 1 fully saturated rings. The van der Waals surface area contributed by atoms with E-state index in [4.69, 9.17) is 5.11 Å². The third-order valence-corrected chi connectivity index (χ3v) is 1.88. The lowest BCUT2D eigenvalue weighted by Crippen LogP contribution is -2.51. The number of nitrogens with zero attached hydrogens (tertiary/aromatic N) is 1. The molecular weight excluding hydrogens is 219 g/mol. The van der Waals surface area contributed by atoms with Crippen molar-refractivity contribution in [2.24, 2.45) is 0 Å². The van der Waals surface area contributed by atoms with Gasteiger partial charge in [0.15, 0.2) is 12.9 Å². The molecule has 0 saturated carbocycles. The van der Waals surface area contributed by atoms with Gasteiger partial charge in [-0.1, -0.05) is 0 Å². The molecule has 0 spiro atoms. The van der Waals surface area contributed by atoms with Gasteiger partial charge >= 0.3 is 12.3 Å². The van der Waals surface area contributed by atoms with Crippen LogP contribution in [-0.2, 0) is 9.47 Å². The van der Waals surface area contributed by atoms with Crippen LogP contribution in [0.5, 0.6) is 0 Å². The van der Waals surface area contributed by atoms with Crippen LogP contribution in [-0.4, -0.2) is 54.9 Å². The zero-order valence-corrected chi connectivity index (χ0v) is 7.66. The first-order chi connectivity index (χ1) is 6.95. The van der Waals surface area contributed by atoms with Crippen molar-refractivity contribution in [3.05, 3.63) is 0 Å². The zero-order chi connectivity index (χ0) is 11.5. The molecule has 1 rings (SSSR count). The van der Waals surface area contributed by atoms with Gasteiger partial charge in [-0.25, -0.2) is 4.79 Å². The van der Waals surface area contributed by atoms with Crippen molar-refractivity contribution in [3.8, 4) is 0 Å². The van der Waals surface area contributed by atoms with Crippen molar-refractivity contribution in [1.29, 1.82) is 0 Å². The number of ether oxygens (including phenoxy) is 2. The topological polar surface area (TPSA) is 59.0 Å². The van der Waals surface area contributed by atoms with Crippen molar-refractivity contribution >= 4 is 6.09 Å². The van der Waals surface area contributed by atoms with Crippen molar-refractivity contribution in [2.75, 3.05) is 26.5 Å². The molecule has 8 heteroatoms. The highest BCUT2D eigenvalue weighted by atomic mass is 19.4. The Bertz CT molecular complexity index is 233. The molecule has 1 amide bonds. The summed E-state index contributed by atoms with van der Waals surface area (Å²) in [4.78, 5) is 11.8. The van der Waals surface area contributed by atoms with E-state index in [1.165, 1.54) is 0 Å². The number of amides is 1. The summed E-state index contributed by atoms with van der Waals surface area (Å²) in [6.07, 6.45) is -7.47. The third kappa shape index (κ3) is 3.24. The first kappa shape index (κ1) is 12.1. The largest absolute Gasteiger partial charge is 0.422 e. The number of aliphatic hydroxyl groups is 1. The highest BCUT2D eigenvalue weighted by molar-refractivity contribution is 5.67. The van der Waals surface area contributed by atoms with Gasteiger partial charge in [0.2, 0.25) is 0 Å². The van der Waals surface area contributed by atoms with E-state index in [0.717, 1.165) is 4.90 Å². The Hall–Kier alpha value is -1.02. The Morgan fingerprint density at radius 3 is 2.80 bits per heavy atom. The standard InChI is InChI=1S/C7H10F3NO4/c8-7(9,10)5-3-11(1-2-14-5)6(13)15-4-12/h5,12H,1-4H2. The van der Waals surface area contributed by atoms with E-state index in [1.54, 1.807) is 0 Å². The lowest BCUT2D eigenvalue weighted by molar-refractivity contribution is -0.234. The Morgan fingerprint density at radius 1 is 1.60 bits per heavy atom. The molecule has 88 valence electrons. The van der Waals surface area contributed by atoms with Crippen molar-refractivity contribution in [2.45, 2.75) is 12.3 Å². The second-order valence-corrected chi connectivity index (χ2v) is 2.89. The van der Waals surface area contributed by atoms with Crippen LogP contribution < -0.4 is 0 Å². The molecule has 0 aromatic carbocycles. The van der Waals surface area contributed by atoms with Crippen LogP contribution in [0, 0.1) is 0 Å². The van der Waals surface area contributed by atoms with Crippen LogP contribution in [0.1, 0.15) is 0 Å². The Labute approximate surface area is 83.4 Å². The number of alkyl halides is 3. The number of hydrogen-bond donors (Lipinski definition) is 1. The van der Waals surface area contributed by atoms with Crippen LogP contribution in [0.2, 0.25) is 0 Å². The van der Waals surface area contributed by atoms with E-state index < -0.39 is 31.7 Å². The average Bonchev–Trinajstić information content (AvgIpc) is 2.17. The lowest BCUT2D eigenvalue weighted by Gasteiger charge is -2.32. The monoisotopic (exact) mass is 229 g/mol. The number of carbonyl (C=O) groups excluding carboxylic acids is 1. The number of hydrogen-bond acceptors (Lipinski definition) is 4. The summed E-state index contributed by atoms with van der Waals surface area (Å²) in [5, 5.41) is 8.27. The van der Waals surface area contributed by atoms with E-state index in [0.29, 0.717) is 0 Å². The molecule has 15 heavy (non-hydrogen) atoms. The van der Waals surface area contributed by atoms with E-state index in [-0.39, 0.29) is 13.2 Å². The summed E-state index contributed by atoms with van der Waals surface area (Å²) in [7, 11) is 0. The molecule has 1 unspecified atom stereocenters. The molecule has 1 saturated heterocycles. The first-order valence-electron chi connectivity index (χ1n) is 4.16. The second kappa shape index (κ2) is 4.67. The van der Waals surface area contributed by atoms with Gasteiger partial charge in [-0.2, -0.15) is 13.2 Å². The fraction of sp³-hybridized carbons (Fsp3) is 0.857. The Kier molecular flexibility index (Phi) is 3.75. The molecule has 0 aromatic rings. The molecule has 0 radical (unpaired) electrons. The summed E-state index contributed by atoms with van der Waals surface area (Å²) in [5.41, 5.74) is 0. The highest BCUT2D eigenvalue weighted by Gasteiger charge is 2.44. The number of morpholine rings is 1.